The number of nitrogens with one attached hydrogen (secondary N) is 3. The van der Waals surface area contributed by atoms with Gasteiger partial charge in [0.25, 0.3) is 5.91 Å². The zero-order valence-corrected chi connectivity index (χ0v) is 27.6. The van der Waals surface area contributed by atoms with Gasteiger partial charge in [0.05, 0.1) is 6.04 Å². The van der Waals surface area contributed by atoms with Gasteiger partial charge in [-0.1, -0.05) is 72.8 Å². The molecule has 0 spiro atoms. The molecule has 4 rings (SSSR count). The van der Waals surface area contributed by atoms with Crippen molar-refractivity contribution in [3.8, 4) is 0 Å². The van der Waals surface area contributed by atoms with Gasteiger partial charge in [-0.2, -0.15) is 0 Å². The van der Waals surface area contributed by atoms with E-state index in [-0.39, 0.29) is 23.7 Å². The van der Waals surface area contributed by atoms with Gasteiger partial charge in [-0.25, -0.2) is 4.79 Å². The second kappa shape index (κ2) is 14.3. The molecule has 1 aromatic heterocycles. The summed E-state index contributed by atoms with van der Waals surface area (Å²) in [6.45, 7) is 10.0. The van der Waals surface area contributed by atoms with Gasteiger partial charge in [-0.15, -0.1) is 0 Å². The van der Waals surface area contributed by atoms with Gasteiger partial charge in [-0.05, 0) is 61.0 Å². The van der Waals surface area contributed by atoms with Crippen LogP contribution >= 0.6 is 0 Å². The van der Waals surface area contributed by atoms with Crippen LogP contribution in [0.4, 0.5) is 4.79 Å². The summed E-state index contributed by atoms with van der Waals surface area (Å²) in [4.78, 5) is 72.4. The quantitative estimate of drug-likeness (QED) is 0.261. The molecule has 1 aliphatic heterocycles. The second-order valence-corrected chi connectivity index (χ2v) is 14.9. The lowest BCUT2D eigenvalue weighted by Gasteiger charge is -2.40. The lowest BCUT2D eigenvalue weighted by Crippen LogP contribution is -2.63. The number of nitrogens with two attached hydrogens (primary N) is 1. The van der Waals surface area contributed by atoms with Crippen molar-refractivity contribution in [3.05, 3.63) is 30.1 Å². The number of aromatic nitrogens is 1. The molecule has 0 aromatic carbocycles. The summed E-state index contributed by atoms with van der Waals surface area (Å²) in [7, 11) is 0. The molecule has 1 unspecified atom stereocenters. The highest BCUT2D eigenvalue weighted by atomic mass is 16.2. The molecule has 4 atom stereocenters. The number of hydrogen-bond acceptors (Lipinski definition) is 6. The molecule has 2 saturated carbocycles. The Kier molecular flexibility index (Phi) is 10.9. The number of nitrogens with zero attached hydrogens (tertiary/aromatic N) is 2. The topological polar surface area (TPSA) is 164 Å². The van der Waals surface area contributed by atoms with E-state index in [0.717, 1.165) is 50.6 Å². The van der Waals surface area contributed by atoms with E-state index in [0.29, 0.717) is 25.8 Å². The molecular weight excluding hydrogens is 572 g/mol. The van der Waals surface area contributed by atoms with Crippen molar-refractivity contribution in [3.63, 3.8) is 0 Å². The van der Waals surface area contributed by atoms with Crippen LogP contribution in [0.1, 0.15) is 98.1 Å². The van der Waals surface area contributed by atoms with Crippen LogP contribution < -0.4 is 21.7 Å². The summed E-state index contributed by atoms with van der Waals surface area (Å²) >= 11 is 0. The molecule has 0 radical (unpaired) electrons. The lowest BCUT2D eigenvalue weighted by molar-refractivity contribution is -0.144. The van der Waals surface area contributed by atoms with E-state index in [9.17, 15) is 24.0 Å². The normalized spacial score (nSPS) is 22.8. The molecule has 2 aliphatic carbocycles. The standard InChI is InChI=1S/C34H52N6O5/c1-21(2)24-14-18-40(26(24)30(43)37-25(19-22-12-13-22)27(41)29(35)42)31(44)28(33(3,4)5)38-32(45)39-34(15-8-6-9-16-34)20-23-11-7-10-17-36-23/h7,10-11,17,21-22,24-26,28H,6,8-9,12-16,18-20H2,1-5H3,(H2,35,42)(H,37,43)(H2,38,39,45)/t24-,25?,26+,28-/m1/s1. The minimum Gasteiger partial charge on any atom is -0.363 e. The number of urea groups is 1. The largest absolute Gasteiger partial charge is 0.363 e. The number of rotatable bonds is 12. The molecule has 11 nitrogen and oxygen atoms in total. The first kappa shape index (κ1) is 34.4. The fourth-order valence-electron chi connectivity index (χ4n) is 7.09. The average Bonchev–Trinajstić information content (AvgIpc) is 3.68. The van der Waals surface area contributed by atoms with Gasteiger partial charge in [0, 0.05) is 30.4 Å². The molecule has 2 heterocycles. The number of hydrogen-bond donors (Lipinski definition) is 4. The fraction of sp³-hybridized carbons (Fsp3) is 0.706. The molecule has 1 saturated heterocycles. The van der Waals surface area contributed by atoms with Crippen LogP contribution in [0.2, 0.25) is 0 Å². The Hall–Kier alpha value is -3.50. The number of primary amides is 1. The molecule has 45 heavy (non-hydrogen) atoms. The molecule has 248 valence electrons. The number of carbonyl (C=O) groups is 5. The highest BCUT2D eigenvalue weighted by molar-refractivity contribution is 6.37. The summed E-state index contributed by atoms with van der Waals surface area (Å²) in [5.74, 6) is -2.52. The van der Waals surface area contributed by atoms with E-state index < -0.39 is 52.7 Å². The lowest BCUT2D eigenvalue weighted by atomic mass is 9.78. The van der Waals surface area contributed by atoms with Crippen molar-refractivity contribution in [2.24, 2.45) is 28.9 Å². The van der Waals surface area contributed by atoms with Crippen molar-refractivity contribution in [2.45, 2.75) is 122 Å². The molecule has 11 heteroatoms. The van der Waals surface area contributed by atoms with Crippen molar-refractivity contribution in [1.29, 1.82) is 0 Å². The van der Waals surface area contributed by atoms with Crippen LogP contribution in [-0.2, 0) is 25.6 Å². The Balaban J connectivity index is 1.53. The number of carbonyl (C=O) groups excluding carboxylic acids is 5. The van der Waals surface area contributed by atoms with E-state index >= 15 is 0 Å². The third-order valence-electron chi connectivity index (χ3n) is 9.82. The first-order valence-electron chi connectivity index (χ1n) is 16.6. The second-order valence-electron chi connectivity index (χ2n) is 14.9. The van der Waals surface area contributed by atoms with Crippen LogP contribution in [0, 0.1) is 23.2 Å². The van der Waals surface area contributed by atoms with Gasteiger partial charge >= 0.3 is 6.03 Å². The van der Waals surface area contributed by atoms with E-state index in [1.165, 1.54) is 0 Å². The van der Waals surface area contributed by atoms with Gasteiger partial charge in [-0.3, -0.25) is 24.2 Å². The highest BCUT2D eigenvalue weighted by Gasteiger charge is 2.48. The summed E-state index contributed by atoms with van der Waals surface area (Å²) in [5.41, 5.74) is 5.09. The summed E-state index contributed by atoms with van der Waals surface area (Å²) in [6, 6.07) is 2.59. The minimum absolute atomic E-state index is 0.0781. The Morgan fingerprint density at radius 1 is 1.02 bits per heavy atom. The van der Waals surface area contributed by atoms with Crippen molar-refractivity contribution < 1.29 is 24.0 Å². The van der Waals surface area contributed by atoms with Crippen LogP contribution in [0.5, 0.6) is 0 Å². The predicted molar refractivity (Wildman–Crippen MR) is 171 cm³/mol. The summed E-state index contributed by atoms with van der Waals surface area (Å²) in [6.07, 6.45) is 9.93. The maximum absolute atomic E-state index is 14.3. The van der Waals surface area contributed by atoms with E-state index in [2.05, 4.69) is 20.9 Å². The molecule has 0 bridgehead atoms. The number of amides is 5. The first-order chi connectivity index (χ1) is 21.2. The van der Waals surface area contributed by atoms with Gasteiger partial charge < -0.3 is 26.6 Å². The van der Waals surface area contributed by atoms with Crippen LogP contribution in [0.3, 0.4) is 0 Å². The Morgan fingerprint density at radius 2 is 1.71 bits per heavy atom. The monoisotopic (exact) mass is 624 g/mol. The zero-order valence-electron chi connectivity index (χ0n) is 27.6. The summed E-state index contributed by atoms with van der Waals surface area (Å²) in [5, 5.41) is 9.03. The van der Waals surface area contributed by atoms with E-state index in [1.807, 2.05) is 52.8 Å². The van der Waals surface area contributed by atoms with Crippen molar-refractivity contribution in [1.82, 2.24) is 25.8 Å². The van der Waals surface area contributed by atoms with Gasteiger partial charge in [0.1, 0.15) is 12.1 Å². The third-order valence-corrected chi connectivity index (χ3v) is 9.82. The van der Waals surface area contributed by atoms with Gasteiger partial charge in [0.15, 0.2) is 0 Å². The molecule has 1 aromatic rings. The SMILES string of the molecule is CC(C)[C@H]1CCN(C(=O)[C@@H](NC(=O)NC2(Cc3ccccn3)CCCCC2)C(C)(C)C)[C@@H]1C(=O)NC(CC1CC1)C(=O)C(N)=O. The van der Waals surface area contributed by atoms with Crippen LogP contribution in [-0.4, -0.2) is 69.6 Å². The smallest absolute Gasteiger partial charge is 0.315 e. The summed E-state index contributed by atoms with van der Waals surface area (Å²) < 4.78 is 0. The van der Waals surface area contributed by atoms with Crippen LogP contribution in [0.25, 0.3) is 0 Å². The Bertz CT molecular complexity index is 1240. The number of Topliss-reactive ketones (excluding diaryl/α,β-unsaturated/α-hetero) is 1. The Morgan fingerprint density at radius 3 is 2.27 bits per heavy atom. The Labute approximate surface area is 267 Å². The first-order valence-corrected chi connectivity index (χ1v) is 16.6. The maximum Gasteiger partial charge on any atom is 0.315 e. The number of likely N-dealkylation sites (tertiary alicyclic amines) is 1. The molecule has 5 N–H and O–H groups in total. The minimum atomic E-state index is -1.08. The zero-order chi connectivity index (χ0) is 32.9. The fourth-order valence-corrected chi connectivity index (χ4v) is 7.09. The number of ketones is 1. The predicted octanol–water partition coefficient (Wildman–Crippen LogP) is 3.25. The maximum atomic E-state index is 14.3. The van der Waals surface area contributed by atoms with E-state index in [4.69, 9.17) is 5.73 Å². The third kappa shape index (κ3) is 8.82. The highest BCUT2D eigenvalue weighted by Crippen LogP contribution is 2.36. The van der Waals surface area contributed by atoms with Crippen molar-refractivity contribution in [2.75, 3.05) is 6.54 Å². The van der Waals surface area contributed by atoms with Gasteiger partial charge in [0.2, 0.25) is 17.6 Å². The van der Waals surface area contributed by atoms with Crippen molar-refractivity contribution >= 4 is 29.5 Å². The molecule has 5 amide bonds. The number of pyridine rings is 1. The van der Waals surface area contributed by atoms with Crippen LogP contribution in [0.15, 0.2) is 24.4 Å². The van der Waals surface area contributed by atoms with E-state index in [1.54, 1.807) is 11.1 Å². The molecule has 3 aliphatic rings. The molecular formula is C34H52N6O5. The average molecular weight is 625 g/mol. The molecule has 3 fully saturated rings.